The first-order valence-electron chi connectivity index (χ1n) is 13.7. The zero-order valence-corrected chi connectivity index (χ0v) is 23.8. The fourth-order valence-electron chi connectivity index (χ4n) is 5.56. The number of oxazole rings is 1. The van der Waals surface area contributed by atoms with Crippen molar-refractivity contribution >= 4 is 21.4 Å². The number of carbonyl (C=O) groups is 1. The molecule has 2 fully saturated rings. The lowest BCUT2D eigenvalue weighted by molar-refractivity contribution is -0.127. The van der Waals surface area contributed by atoms with Crippen LogP contribution in [0.3, 0.4) is 0 Å². The fourth-order valence-corrected chi connectivity index (χ4v) is 6.76. The fraction of sp³-hybridized carbons (Fsp3) is 0.433. The molecule has 2 atom stereocenters. The summed E-state index contributed by atoms with van der Waals surface area (Å²) in [6.45, 7) is 4.08. The molecule has 1 aliphatic carbocycles. The molecule has 0 spiro atoms. The Bertz CT molecular complexity index is 1580. The minimum atomic E-state index is -3.02. The topological polar surface area (TPSA) is 116 Å². The van der Waals surface area contributed by atoms with Crippen LogP contribution >= 0.6 is 0 Å². The van der Waals surface area contributed by atoms with Crippen LogP contribution in [0.25, 0.3) is 22.7 Å². The Labute approximate surface area is 238 Å². The molecule has 1 saturated heterocycles. The van der Waals surface area contributed by atoms with Gasteiger partial charge < -0.3 is 14.6 Å². The van der Waals surface area contributed by atoms with Gasteiger partial charge in [0.05, 0.1) is 23.1 Å². The number of amides is 1. The Morgan fingerprint density at radius 3 is 2.44 bits per heavy atom. The van der Waals surface area contributed by atoms with Crippen LogP contribution in [0, 0.1) is 28.9 Å². The molecule has 41 heavy (non-hydrogen) atoms. The second kappa shape index (κ2) is 11.2. The van der Waals surface area contributed by atoms with E-state index in [1.54, 1.807) is 13.8 Å². The summed E-state index contributed by atoms with van der Waals surface area (Å²) in [5.41, 5.74) is 0.975. The molecule has 2 heterocycles. The molecule has 1 saturated carbocycles. The van der Waals surface area contributed by atoms with E-state index < -0.39 is 32.9 Å². The van der Waals surface area contributed by atoms with E-state index in [1.165, 1.54) is 6.07 Å². The normalized spacial score (nSPS) is 20.8. The smallest absolute Gasteiger partial charge is 0.229 e. The maximum Gasteiger partial charge on any atom is 0.229 e. The average molecular weight is 583 g/mol. The number of halogens is 2. The standard InChI is InChI=1S/C30H32F2N4O4S/c1-30(2,18-33)35-28(37)23-6-4-3-5-22(23)27-26(34-29(40-27)24-12-9-20(31)17-25(24)32)19-7-10-21(11-8-19)36-13-15-41(38,39)16-14-36/h7-12,17,22-23H,3-6,13-16H2,1-2H3,(H,35,37). The van der Waals surface area contributed by atoms with Crippen molar-refractivity contribution in [2.24, 2.45) is 5.92 Å². The van der Waals surface area contributed by atoms with E-state index in [1.807, 2.05) is 29.2 Å². The zero-order chi connectivity index (χ0) is 29.4. The van der Waals surface area contributed by atoms with Gasteiger partial charge in [0.25, 0.3) is 0 Å². The summed E-state index contributed by atoms with van der Waals surface area (Å²) < 4.78 is 58.3. The number of nitrogens with zero attached hydrogens (tertiary/aromatic N) is 3. The van der Waals surface area contributed by atoms with Crippen molar-refractivity contribution in [3.8, 4) is 28.8 Å². The molecule has 2 unspecified atom stereocenters. The molecule has 0 radical (unpaired) electrons. The van der Waals surface area contributed by atoms with Gasteiger partial charge in [0.1, 0.15) is 28.6 Å². The summed E-state index contributed by atoms with van der Waals surface area (Å²) in [6, 6.07) is 12.7. The van der Waals surface area contributed by atoms with Gasteiger partial charge in [0.2, 0.25) is 11.8 Å². The second-order valence-corrected chi connectivity index (χ2v) is 13.6. The summed E-state index contributed by atoms with van der Waals surface area (Å²) in [7, 11) is -3.02. The number of sulfone groups is 1. The molecular formula is C30H32F2N4O4S. The van der Waals surface area contributed by atoms with E-state index in [9.17, 15) is 27.3 Å². The van der Waals surface area contributed by atoms with Gasteiger partial charge in [-0.1, -0.05) is 25.0 Å². The Hall–Kier alpha value is -3.78. The Morgan fingerprint density at radius 1 is 1.10 bits per heavy atom. The lowest BCUT2D eigenvalue weighted by atomic mass is 9.76. The number of nitriles is 1. The quantitative estimate of drug-likeness (QED) is 0.424. The molecule has 11 heteroatoms. The SMILES string of the molecule is CC(C)(C#N)NC(=O)C1CCCCC1c1oc(-c2ccc(F)cc2F)nc1-c1ccc(N2CCS(=O)(=O)CC2)cc1. The number of hydrogen-bond donors (Lipinski definition) is 1. The third-order valence-corrected chi connectivity index (χ3v) is 9.43. The summed E-state index contributed by atoms with van der Waals surface area (Å²) in [4.78, 5) is 20.0. The Balaban J connectivity index is 1.54. The molecule has 5 rings (SSSR count). The van der Waals surface area contributed by atoms with Gasteiger partial charge in [-0.2, -0.15) is 5.26 Å². The van der Waals surface area contributed by atoms with Crippen molar-refractivity contribution in [1.82, 2.24) is 10.3 Å². The predicted octanol–water partition coefficient (Wildman–Crippen LogP) is 5.21. The van der Waals surface area contributed by atoms with Crippen LogP contribution in [0.1, 0.15) is 51.2 Å². The summed E-state index contributed by atoms with van der Waals surface area (Å²) in [6.07, 6.45) is 2.92. The van der Waals surface area contributed by atoms with Gasteiger partial charge in [-0.05, 0) is 51.0 Å². The number of carbonyl (C=O) groups excluding carboxylic acids is 1. The first kappa shape index (κ1) is 28.7. The molecule has 1 N–H and O–H groups in total. The first-order valence-corrected chi connectivity index (χ1v) is 15.5. The average Bonchev–Trinajstić information content (AvgIpc) is 3.38. The van der Waals surface area contributed by atoms with Gasteiger partial charge in [-0.3, -0.25) is 4.79 Å². The van der Waals surface area contributed by atoms with E-state index in [-0.39, 0.29) is 34.8 Å². The minimum absolute atomic E-state index is 0.00692. The Morgan fingerprint density at radius 2 is 1.78 bits per heavy atom. The number of benzene rings is 2. The third-order valence-electron chi connectivity index (χ3n) is 7.82. The molecule has 1 aromatic heterocycles. The van der Waals surface area contributed by atoms with E-state index >= 15 is 0 Å². The highest BCUT2D eigenvalue weighted by Gasteiger charge is 2.38. The number of aromatic nitrogens is 1. The summed E-state index contributed by atoms with van der Waals surface area (Å²) in [5.74, 6) is -2.01. The largest absolute Gasteiger partial charge is 0.440 e. The van der Waals surface area contributed by atoms with Crippen LogP contribution in [0.5, 0.6) is 0 Å². The van der Waals surface area contributed by atoms with Crippen LogP contribution in [-0.4, -0.2) is 49.4 Å². The maximum absolute atomic E-state index is 14.8. The molecule has 216 valence electrons. The molecule has 0 bridgehead atoms. The van der Waals surface area contributed by atoms with Crippen LogP contribution in [0.2, 0.25) is 0 Å². The monoisotopic (exact) mass is 582 g/mol. The van der Waals surface area contributed by atoms with Crippen molar-refractivity contribution in [2.45, 2.75) is 51.0 Å². The first-order chi connectivity index (χ1) is 19.5. The van der Waals surface area contributed by atoms with Crippen LogP contribution < -0.4 is 10.2 Å². The van der Waals surface area contributed by atoms with Crippen LogP contribution in [0.4, 0.5) is 14.5 Å². The maximum atomic E-state index is 14.8. The van der Waals surface area contributed by atoms with Crippen molar-refractivity contribution in [3.63, 3.8) is 0 Å². The van der Waals surface area contributed by atoms with Crippen molar-refractivity contribution in [3.05, 3.63) is 59.9 Å². The second-order valence-electron chi connectivity index (χ2n) is 11.3. The van der Waals surface area contributed by atoms with Crippen LogP contribution in [0.15, 0.2) is 46.9 Å². The van der Waals surface area contributed by atoms with Gasteiger partial charge >= 0.3 is 0 Å². The van der Waals surface area contributed by atoms with Gasteiger partial charge in [-0.25, -0.2) is 22.2 Å². The van der Waals surface area contributed by atoms with E-state index in [4.69, 9.17) is 4.42 Å². The van der Waals surface area contributed by atoms with Gasteiger partial charge in [0.15, 0.2) is 9.84 Å². The highest BCUT2D eigenvalue weighted by atomic mass is 32.2. The van der Waals surface area contributed by atoms with E-state index in [0.717, 1.165) is 30.7 Å². The number of rotatable bonds is 6. The van der Waals surface area contributed by atoms with E-state index in [2.05, 4.69) is 16.4 Å². The summed E-state index contributed by atoms with van der Waals surface area (Å²) >= 11 is 0. The van der Waals surface area contributed by atoms with Crippen molar-refractivity contribution in [2.75, 3.05) is 29.5 Å². The molecule has 1 amide bonds. The number of anilines is 1. The molecule has 3 aromatic rings. The van der Waals surface area contributed by atoms with E-state index in [0.29, 0.717) is 42.9 Å². The van der Waals surface area contributed by atoms with Gasteiger partial charge in [-0.15, -0.1) is 0 Å². The predicted molar refractivity (Wildman–Crippen MR) is 151 cm³/mol. The lowest BCUT2D eigenvalue weighted by Gasteiger charge is -2.31. The number of nitrogens with one attached hydrogen (secondary N) is 1. The third kappa shape index (κ3) is 6.27. The molecular weight excluding hydrogens is 550 g/mol. The Kier molecular flexibility index (Phi) is 7.88. The highest BCUT2D eigenvalue weighted by molar-refractivity contribution is 7.91. The number of hydrogen-bond acceptors (Lipinski definition) is 7. The van der Waals surface area contributed by atoms with Crippen molar-refractivity contribution in [1.29, 1.82) is 5.26 Å². The molecule has 1 aliphatic heterocycles. The van der Waals surface area contributed by atoms with Crippen molar-refractivity contribution < 1.29 is 26.4 Å². The van der Waals surface area contributed by atoms with Crippen LogP contribution in [-0.2, 0) is 14.6 Å². The lowest BCUT2D eigenvalue weighted by Crippen LogP contribution is -2.46. The summed E-state index contributed by atoms with van der Waals surface area (Å²) in [5, 5.41) is 12.3. The highest BCUT2D eigenvalue weighted by Crippen LogP contribution is 2.44. The molecule has 8 nitrogen and oxygen atoms in total. The van der Waals surface area contributed by atoms with Gasteiger partial charge in [0, 0.05) is 42.2 Å². The minimum Gasteiger partial charge on any atom is -0.440 e. The molecule has 2 aliphatic rings. The molecule has 2 aromatic carbocycles. The zero-order valence-electron chi connectivity index (χ0n) is 23.0.